The van der Waals surface area contributed by atoms with Crippen molar-refractivity contribution in [3.63, 3.8) is 0 Å². The van der Waals surface area contributed by atoms with Crippen molar-refractivity contribution in [2.45, 2.75) is 51.0 Å². The third kappa shape index (κ3) is 1.88. The van der Waals surface area contributed by atoms with Gasteiger partial charge in [0.05, 0.1) is 5.41 Å². The standard InChI is InChI=1S/C14H24N2O/c1-15-13(17)14(6-2-3-7-14)10-16-9-11-4-5-12(16)8-11/h11-12H,2-10H2,1H3,(H,15,17). The van der Waals surface area contributed by atoms with Crippen LogP contribution in [0.4, 0.5) is 0 Å². The summed E-state index contributed by atoms with van der Waals surface area (Å²) >= 11 is 0. The second kappa shape index (κ2) is 4.27. The molecule has 0 aromatic heterocycles. The fourth-order valence-corrected chi connectivity index (χ4v) is 4.38. The van der Waals surface area contributed by atoms with E-state index in [4.69, 9.17) is 0 Å². The molecule has 0 radical (unpaired) electrons. The van der Waals surface area contributed by atoms with Gasteiger partial charge in [0.1, 0.15) is 0 Å². The number of carbonyl (C=O) groups is 1. The fraction of sp³-hybridized carbons (Fsp3) is 0.929. The highest BCUT2D eigenvalue weighted by Crippen LogP contribution is 2.44. The van der Waals surface area contributed by atoms with Gasteiger partial charge in [0.25, 0.3) is 0 Å². The number of fused-ring (bicyclic) bond motifs is 2. The number of hydrogen-bond donors (Lipinski definition) is 1. The number of nitrogens with zero attached hydrogens (tertiary/aromatic N) is 1. The number of nitrogens with one attached hydrogen (secondary N) is 1. The van der Waals surface area contributed by atoms with Gasteiger partial charge < -0.3 is 5.32 Å². The summed E-state index contributed by atoms with van der Waals surface area (Å²) in [5.41, 5.74) is -0.0563. The van der Waals surface area contributed by atoms with E-state index in [0.29, 0.717) is 0 Å². The normalized spacial score (nSPS) is 35.4. The van der Waals surface area contributed by atoms with Crippen LogP contribution in [0, 0.1) is 11.3 Å². The molecule has 2 unspecified atom stereocenters. The van der Waals surface area contributed by atoms with Crippen LogP contribution in [-0.2, 0) is 4.79 Å². The van der Waals surface area contributed by atoms with Crippen molar-refractivity contribution in [3.8, 4) is 0 Å². The lowest BCUT2D eigenvalue weighted by molar-refractivity contribution is -0.131. The lowest BCUT2D eigenvalue weighted by Gasteiger charge is -2.36. The zero-order valence-corrected chi connectivity index (χ0v) is 10.9. The monoisotopic (exact) mass is 236 g/mol. The van der Waals surface area contributed by atoms with Gasteiger partial charge >= 0.3 is 0 Å². The summed E-state index contributed by atoms with van der Waals surface area (Å²) in [7, 11) is 1.79. The fourth-order valence-electron chi connectivity index (χ4n) is 4.38. The summed E-state index contributed by atoms with van der Waals surface area (Å²) in [6, 6.07) is 0.794. The number of hydrogen-bond acceptors (Lipinski definition) is 2. The first-order valence-corrected chi connectivity index (χ1v) is 7.20. The summed E-state index contributed by atoms with van der Waals surface area (Å²) in [5, 5.41) is 2.90. The minimum atomic E-state index is -0.0563. The Balaban J connectivity index is 1.70. The van der Waals surface area contributed by atoms with E-state index in [2.05, 4.69) is 10.2 Å². The zero-order valence-electron chi connectivity index (χ0n) is 10.9. The minimum Gasteiger partial charge on any atom is -0.359 e. The SMILES string of the molecule is CNC(=O)C1(CN2CC3CCC2C3)CCCC1. The summed E-state index contributed by atoms with van der Waals surface area (Å²) in [5.74, 6) is 1.22. The van der Waals surface area contributed by atoms with Gasteiger partial charge in [-0.25, -0.2) is 0 Å². The van der Waals surface area contributed by atoms with Crippen molar-refractivity contribution < 1.29 is 4.79 Å². The first-order chi connectivity index (χ1) is 8.23. The van der Waals surface area contributed by atoms with Gasteiger partial charge in [0, 0.05) is 26.2 Å². The molecule has 1 N–H and O–H groups in total. The first kappa shape index (κ1) is 11.5. The van der Waals surface area contributed by atoms with Crippen LogP contribution in [0.2, 0.25) is 0 Å². The van der Waals surface area contributed by atoms with Gasteiger partial charge in [-0.2, -0.15) is 0 Å². The first-order valence-electron chi connectivity index (χ1n) is 7.20. The van der Waals surface area contributed by atoms with E-state index in [9.17, 15) is 4.79 Å². The van der Waals surface area contributed by atoms with Gasteiger partial charge in [0.2, 0.25) is 5.91 Å². The predicted octanol–water partition coefficient (Wildman–Crippen LogP) is 1.78. The molecule has 3 aliphatic rings. The number of likely N-dealkylation sites (tertiary alicyclic amines) is 1. The Bertz CT molecular complexity index is 309. The van der Waals surface area contributed by atoms with Crippen LogP contribution in [0.1, 0.15) is 44.9 Å². The molecule has 96 valence electrons. The van der Waals surface area contributed by atoms with Crippen LogP contribution < -0.4 is 5.32 Å². The molecule has 2 saturated carbocycles. The molecule has 1 saturated heterocycles. The maximum absolute atomic E-state index is 12.2. The molecule has 2 bridgehead atoms. The molecule has 0 spiro atoms. The van der Waals surface area contributed by atoms with Crippen molar-refractivity contribution >= 4 is 5.91 Å². The molecule has 1 heterocycles. The maximum Gasteiger partial charge on any atom is 0.227 e. The molecule has 17 heavy (non-hydrogen) atoms. The van der Waals surface area contributed by atoms with Crippen molar-refractivity contribution in [1.82, 2.24) is 10.2 Å². The number of rotatable bonds is 3. The molecular formula is C14H24N2O. The Labute approximate surface area is 104 Å². The highest BCUT2D eigenvalue weighted by molar-refractivity contribution is 5.82. The third-order valence-corrected chi connectivity index (χ3v) is 5.30. The van der Waals surface area contributed by atoms with Gasteiger partial charge in [-0.05, 0) is 38.0 Å². The largest absolute Gasteiger partial charge is 0.359 e. The van der Waals surface area contributed by atoms with E-state index in [1.165, 1.54) is 38.6 Å². The predicted molar refractivity (Wildman–Crippen MR) is 67.7 cm³/mol. The summed E-state index contributed by atoms with van der Waals surface area (Å²) in [6.07, 6.45) is 8.85. The Kier molecular flexibility index (Phi) is 2.89. The van der Waals surface area contributed by atoms with Crippen LogP contribution in [0.3, 0.4) is 0 Å². The van der Waals surface area contributed by atoms with E-state index in [1.54, 1.807) is 7.05 Å². The van der Waals surface area contributed by atoms with Crippen LogP contribution in [0.25, 0.3) is 0 Å². The second-order valence-electron chi connectivity index (χ2n) is 6.33. The topological polar surface area (TPSA) is 32.3 Å². The molecule has 0 aromatic carbocycles. The Morgan fingerprint density at radius 3 is 2.65 bits per heavy atom. The maximum atomic E-state index is 12.2. The van der Waals surface area contributed by atoms with Gasteiger partial charge in [-0.15, -0.1) is 0 Å². The molecular weight excluding hydrogens is 212 g/mol. The van der Waals surface area contributed by atoms with Crippen molar-refractivity contribution in [2.24, 2.45) is 11.3 Å². The van der Waals surface area contributed by atoms with Crippen LogP contribution in [-0.4, -0.2) is 37.0 Å². The van der Waals surface area contributed by atoms with E-state index in [0.717, 1.165) is 31.3 Å². The molecule has 3 nitrogen and oxygen atoms in total. The second-order valence-corrected chi connectivity index (χ2v) is 6.33. The van der Waals surface area contributed by atoms with Crippen LogP contribution >= 0.6 is 0 Å². The molecule has 2 atom stereocenters. The van der Waals surface area contributed by atoms with Gasteiger partial charge in [-0.3, -0.25) is 9.69 Å². The van der Waals surface area contributed by atoms with E-state index in [1.807, 2.05) is 0 Å². The molecule has 3 heteroatoms. The van der Waals surface area contributed by atoms with E-state index in [-0.39, 0.29) is 11.3 Å². The summed E-state index contributed by atoms with van der Waals surface area (Å²) in [4.78, 5) is 14.8. The van der Waals surface area contributed by atoms with E-state index < -0.39 is 0 Å². The molecule has 0 aromatic rings. The van der Waals surface area contributed by atoms with Crippen molar-refractivity contribution in [2.75, 3.05) is 20.1 Å². The molecule has 3 rings (SSSR count). The highest BCUT2D eigenvalue weighted by atomic mass is 16.2. The summed E-state index contributed by atoms with van der Waals surface area (Å²) < 4.78 is 0. The Hall–Kier alpha value is -0.570. The lowest BCUT2D eigenvalue weighted by atomic mass is 9.84. The number of amides is 1. The van der Waals surface area contributed by atoms with Gasteiger partial charge in [0.15, 0.2) is 0 Å². The van der Waals surface area contributed by atoms with Crippen LogP contribution in [0.15, 0.2) is 0 Å². The molecule has 3 fully saturated rings. The Morgan fingerprint density at radius 1 is 1.35 bits per heavy atom. The van der Waals surface area contributed by atoms with E-state index >= 15 is 0 Å². The highest BCUT2D eigenvalue weighted by Gasteiger charge is 2.46. The zero-order chi connectivity index (χ0) is 11.9. The smallest absolute Gasteiger partial charge is 0.227 e. The number of piperidine rings is 1. The van der Waals surface area contributed by atoms with Crippen LogP contribution in [0.5, 0.6) is 0 Å². The molecule has 1 amide bonds. The third-order valence-electron chi connectivity index (χ3n) is 5.30. The molecule has 1 aliphatic heterocycles. The average Bonchev–Trinajstić information content (AvgIpc) is 3.04. The minimum absolute atomic E-state index is 0.0563. The average molecular weight is 236 g/mol. The van der Waals surface area contributed by atoms with Crippen molar-refractivity contribution in [1.29, 1.82) is 0 Å². The molecule has 2 aliphatic carbocycles. The van der Waals surface area contributed by atoms with Crippen molar-refractivity contribution in [3.05, 3.63) is 0 Å². The Morgan fingerprint density at radius 2 is 2.12 bits per heavy atom. The number of carbonyl (C=O) groups excluding carboxylic acids is 1. The summed E-state index contributed by atoms with van der Waals surface area (Å²) in [6.45, 7) is 2.28. The lowest BCUT2D eigenvalue weighted by Crippen LogP contribution is -2.48. The van der Waals surface area contributed by atoms with Gasteiger partial charge in [-0.1, -0.05) is 12.8 Å². The quantitative estimate of drug-likeness (QED) is 0.810.